The first kappa shape index (κ1) is 22.6. The Balaban J connectivity index is 1.67. The van der Waals surface area contributed by atoms with Gasteiger partial charge < -0.3 is 24.1 Å². The lowest BCUT2D eigenvalue weighted by molar-refractivity contribution is -0.134. The van der Waals surface area contributed by atoms with Gasteiger partial charge in [0.25, 0.3) is 5.91 Å². The van der Waals surface area contributed by atoms with Crippen LogP contribution in [0, 0.1) is 0 Å². The highest BCUT2D eigenvalue weighted by Crippen LogP contribution is 2.40. The predicted molar refractivity (Wildman–Crippen MR) is 133 cm³/mol. The first-order valence-electron chi connectivity index (χ1n) is 12.3. The summed E-state index contributed by atoms with van der Waals surface area (Å²) >= 11 is 0. The van der Waals surface area contributed by atoms with Crippen molar-refractivity contribution in [1.29, 1.82) is 0 Å². The molecular weight excluding hydrogens is 428 g/mol. The summed E-state index contributed by atoms with van der Waals surface area (Å²) in [5, 5.41) is 4.22. The number of rotatable bonds is 5. The highest BCUT2D eigenvalue weighted by atomic mass is 16.5. The van der Waals surface area contributed by atoms with E-state index in [0.717, 1.165) is 48.0 Å². The molecule has 1 unspecified atom stereocenters. The number of ether oxygens (including phenoxy) is 1. The molecule has 2 amide bonds. The SMILES string of the molecule is COc1ccc2c(c1)c(-n1cccc1)c1n2CC(C)(C(=O)NC2CCCCC2)N(C(C)C)C1=O. The van der Waals surface area contributed by atoms with Gasteiger partial charge in [0.05, 0.1) is 24.9 Å². The summed E-state index contributed by atoms with van der Waals surface area (Å²) in [6.07, 6.45) is 9.42. The molecule has 0 bridgehead atoms. The van der Waals surface area contributed by atoms with Crippen molar-refractivity contribution in [2.45, 2.75) is 77.0 Å². The number of aromatic nitrogens is 2. The van der Waals surface area contributed by atoms with Gasteiger partial charge in [0.1, 0.15) is 17.0 Å². The first-order valence-corrected chi connectivity index (χ1v) is 12.3. The number of nitrogens with zero attached hydrogens (tertiary/aromatic N) is 3. The van der Waals surface area contributed by atoms with Crippen LogP contribution in [0.2, 0.25) is 0 Å². The number of carbonyl (C=O) groups excluding carboxylic acids is 2. The van der Waals surface area contributed by atoms with Crippen molar-refractivity contribution < 1.29 is 14.3 Å². The average molecular weight is 463 g/mol. The molecule has 0 radical (unpaired) electrons. The molecular formula is C27H34N4O3. The fourth-order valence-corrected chi connectivity index (χ4v) is 5.86. The molecule has 2 aliphatic rings. The normalized spacial score (nSPS) is 21.2. The number of benzene rings is 1. The van der Waals surface area contributed by atoms with Crippen molar-refractivity contribution in [3.05, 3.63) is 48.4 Å². The second kappa shape index (κ2) is 8.53. The lowest BCUT2D eigenvalue weighted by atomic mass is 9.90. The summed E-state index contributed by atoms with van der Waals surface area (Å²) in [7, 11) is 1.64. The third-order valence-electron chi connectivity index (χ3n) is 7.47. The van der Waals surface area contributed by atoms with E-state index >= 15 is 0 Å². The van der Waals surface area contributed by atoms with E-state index in [2.05, 4.69) is 5.32 Å². The van der Waals surface area contributed by atoms with Crippen LogP contribution in [0.3, 0.4) is 0 Å². The van der Waals surface area contributed by atoms with Gasteiger partial charge >= 0.3 is 0 Å². The summed E-state index contributed by atoms with van der Waals surface area (Å²) in [6.45, 7) is 6.28. The summed E-state index contributed by atoms with van der Waals surface area (Å²) in [5.41, 5.74) is 1.36. The van der Waals surface area contributed by atoms with Crippen molar-refractivity contribution in [1.82, 2.24) is 19.4 Å². The Kier molecular flexibility index (Phi) is 5.66. The fraction of sp³-hybridized carbons (Fsp3) is 0.481. The molecule has 1 aliphatic heterocycles. The van der Waals surface area contributed by atoms with Crippen LogP contribution in [0.5, 0.6) is 5.75 Å². The maximum absolute atomic E-state index is 14.2. The summed E-state index contributed by atoms with van der Waals surface area (Å²) in [5.74, 6) is 0.543. The highest BCUT2D eigenvalue weighted by Gasteiger charge is 2.50. The molecule has 1 saturated carbocycles. The number of hydrogen-bond donors (Lipinski definition) is 1. The van der Waals surface area contributed by atoms with Gasteiger partial charge in [0.2, 0.25) is 5.91 Å². The molecule has 3 aromatic rings. The lowest BCUT2D eigenvalue weighted by Gasteiger charge is -2.47. The minimum absolute atomic E-state index is 0.0648. The maximum Gasteiger partial charge on any atom is 0.273 e. The number of hydrogen-bond acceptors (Lipinski definition) is 3. The Hall–Kier alpha value is -3.22. The van der Waals surface area contributed by atoms with E-state index in [9.17, 15) is 9.59 Å². The summed E-state index contributed by atoms with van der Waals surface area (Å²) < 4.78 is 9.51. The highest BCUT2D eigenvalue weighted by molar-refractivity contribution is 6.09. The van der Waals surface area contributed by atoms with Crippen LogP contribution in [0.4, 0.5) is 0 Å². The molecule has 180 valence electrons. The van der Waals surface area contributed by atoms with Gasteiger partial charge in [-0.3, -0.25) is 9.59 Å². The van der Waals surface area contributed by atoms with Gasteiger partial charge in [-0.2, -0.15) is 0 Å². The van der Waals surface area contributed by atoms with Crippen LogP contribution >= 0.6 is 0 Å². The van der Waals surface area contributed by atoms with Crippen molar-refractivity contribution in [2.24, 2.45) is 0 Å². The molecule has 7 heteroatoms. The van der Waals surface area contributed by atoms with Crippen LogP contribution in [-0.4, -0.2) is 50.6 Å². The average Bonchev–Trinajstić information content (AvgIpc) is 3.45. The third-order valence-corrected chi connectivity index (χ3v) is 7.47. The molecule has 1 aromatic carbocycles. The van der Waals surface area contributed by atoms with E-state index in [4.69, 9.17) is 4.74 Å². The fourth-order valence-electron chi connectivity index (χ4n) is 5.86. The van der Waals surface area contributed by atoms with Crippen molar-refractivity contribution in [2.75, 3.05) is 7.11 Å². The van der Waals surface area contributed by atoms with E-state index in [1.165, 1.54) is 6.42 Å². The van der Waals surface area contributed by atoms with Crippen molar-refractivity contribution in [3.8, 4) is 11.4 Å². The Morgan fingerprint density at radius 2 is 1.85 bits per heavy atom. The van der Waals surface area contributed by atoms with Crippen molar-refractivity contribution in [3.63, 3.8) is 0 Å². The number of amides is 2. The molecule has 34 heavy (non-hydrogen) atoms. The topological polar surface area (TPSA) is 68.5 Å². The number of methoxy groups -OCH3 is 1. The molecule has 0 saturated heterocycles. The van der Waals surface area contributed by atoms with Crippen LogP contribution < -0.4 is 10.1 Å². The largest absolute Gasteiger partial charge is 0.497 e. The van der Waals surface area contributed by atoms with Gasteiger partial charge in [0.15, 0.2) is 0 Å². The Bertz CT molecular complexity index is 1220. The predicted octanol–water partition coefficient (Wildman–Crippen LogP) is 4.51. The molecule has 0 spiro atoms. The van der Waals surface area contributed by atoms with Gasteiger partial charge in [-0.05, 0) is 63.9 Å². The van der Waals surface area contributed by atoms with Crippen molar-refractivity contribution >= 4 is 22.7 Å². The van der Waals surface area contributed by atoms with Gasteiger partial charge in [-0.1, -0.05) is 19.3 Å². The van der Waals surface area contributed by atoms with Crippen LogP contribution in [0.25, 0.3) is 16.6 Å². The third kappa shape index (κ3) is 3.49. The smallest absolute Gasteiger partial charge is 0.273 e. The minimum atomic E-state index is -0.991. The molecule has 1 N–H and O–H groups in total. The molecule has 7 nitrogen and oxygen atoms in total. The van der Waals surface area contributed by atoms with Gasteiger partial charge in [-0.15, -0.1) is 0 Å². The van der Waals surface area contributed by atoms with E-state index in [-0.39, 0.29) is 23.9 Å². The second-order valence-electron chi connectivity index (χ2n) is 10.1. The van der Waals surface area contributed by atoms with E-state index in [0.29, 0.717) is 12.2 Å². The molecule has 1 fully saturated rings. The number of nitrogens with one attached hydrogen (secondary N) is 1. The van der Waals surface area contributed by atoms with E-state index in [1.54, 1.807) is 12.0 Å². The quantitative estimate of drug-likeness (QED) is 0.607. The van der Waals surface area contributed by atoms with Crippen LogP contribution in [0.1, 0.15) is 63.4 Å². The molecule has 1 aliphatic carbocycles. The van der Waals surface area contributed by atoms with Gasteiger partial charge in [0, 0.05) is 29.9 Å². The molecule has 2 aromatic heterocycles. The number of carbonyl (C=O) groups is 2. The molecule has 1 atom stereocenters. The second-order valence-corrected chi connectivity index (χ2v) is 10.1. The summed E-state index contributed by atoms with van der Waals surface area (Å²) in [6, 6.07) is 9.83. The standard InChI is InChI=1S/C27H34N4O3/c1-18(2)31-25(32)24-23(29-14-8-9-15-29)21-16-20(34-4)12-13-22(21)30(24)17-27(31,3)26(33)28-19-10-6-5-7-11-19/h8-9,12-16,18-19H,5-7,10-11,17H2,1-4H3,(H,28,33). The summed E-state index contributed by atoms with van der Waals surface area (Å²) in [4.78, 5) is 29.8. The zero-order valence-electron chi connectivity index (χ0n) is 20.5. The maximum atomic E-state index is 14.2. The zero-order valence-corrected chi connectivity index (χ0v) is 20.5. The monoisotopic (exact) mass is 462 g/mol. The molecule has 5 rings (SSSR count). The van der Waals surface area contributed by atoms with Crippen LogP contribution in [0.15, 0.2) is 42.7 Å². The van der Waals surface area contributed by atoms with E-state index < -0.39 is 5.54 Å². The number of fused-ring (bicyclic) bond motifs is 3. The zero-order chi connectivity index (χ0) is 24.0. The lowest BCUT2D eigenvalue weighted by Crippen LogP contribution is -2.66. The Morgan fingerprint density at radius 1 is 1.15 bits per heavy atom. The Labute approximate surface area is 200 Å². The Morgan fingerprint density at radius 3 is 2.50 bits per heavy atom. The van der Waals surface area contributed by atoms with E-state index in [1.807, 2.05) is 72.6 Å². The van der Waals surface area contributed by atoms with Gasteiger partial charge in [-0.25, -0.2) is 0 Å². The molecule has 3 heterocycles. The minimum Gasteiger partial charge on any atom is -0.497 e. The van der Waals surface area contributed by atoms with Crippen LogP contribution in [-0.2, 0) is 11.3 Å². The first-order chi connectivity index (χ1) is 16.3.